The van der Waals surface area contributed by atoms with Crippen molar-refractivity contribution in [2.75, 3.05) is 0 Å². The van der Waals surface area contributed by atoms with Gasteiger partial charge in [-0.2, -0.15) is 0 Å². The van der Waals surface area contributed by atoms with E-state index >= 15 is 0 Å². The first-order valence-corrected chi connectivity index (χ1v) is 4.69. The highest BCUT2D eigenvalue weighted by atomic mass is 16.1. The Morgan fingerprint density at radius 1 is 1.58 bits per heavy atom. The van der Waals surface area contributed by atoms with E-state index in [4.69, 9.17) is 0 Å². The number of allylic oxidation sites excluding steroid dienone is 4. The van der Waals surface area contributed by atoms with Crippen LogP contribution in [0.1, 0.15) is 33.1 Å². The largest absolute Gasteiger partial charge is 0.294 e. The molecule has 0 aliphatic heterocycles. The summed E-state index contributed by atoms with van der Waals surface area (Å²) in [6.45, 7) is 4.08. The highest BCUT2D eigenvalue weighted by molar-refractivity contribution is 5.97. The van der Waals surface area contributed by atoms with Crippen molar-refractivity contribution in [2.45, 2.75) is 33.1 Å². The van der Waals surface area contributed by atoms with E-state index in [1.54, 1.807) is 0 Å². The van der Waals surface area contributed by atoms with Crippen molar-refractivity contribution in [3.8, 4) is 0 Å². The fraction of sp³-hybridized carbons (Fsp3) is 0.545. The van der Waals surface area contributed by atoms with Crippen LogP contribution in [0.15, 0.2) is 23.8 Å². The summed E-state index contributed by atoms with van der Waals surface area (Å²) in [5.41, 5.74) is 0.905. The molecule has 0 bridgehead atoms. The van der Waals surface area contributed by atoms with Crippen molar-refractivity contribution in [1.29, 1.82) is 0 Å². The van der Waals surface area contributed by atoms with Gasteiger partial charge in [0.05, 0.1) is 0 Å². The van der Waals surface area contributed by atoms with Crippen LogP contribution in [-0.4, -0.2) is 5.78 Å². The quantitative estimate of drug-likeness (QED) is 0.626. The molecule has 1 heteroatoms. The van der Waals surface area contributed by atoms with Gasteiger partial charge in [0.1, 0.15) is 0 Å². The Balaban J connectivity index is 2.57. The second-order valence-corrected chi connectivity index (χ2v) is 3.20. The first-order valence-electron chi connectivity index (χ1n) is 4.69. The number of Topliss-reactive ketones (excluding diaryl/α,β-unsaturated/α-hetero) is 1. The number of carbonyl (C=O) groups excluding carboxylic acids is 1. The Labute approximate surface area is 74.2 Å². The van der Waals surface area contributed by atoms with Crippen LogP contribution < -0.4 is 0 Å². The number of hydrogen-bond acceptors (Lipinski definition) is 1. The number of hydrogen-bond donors (Lipinski definition) is 0. The summed E-state index contributed by atoms with van der Waals surface area (Å²) in [4.78, 5) is 11.2. The van der Waals surface area contributed by atoms with Gasteiger partial charge >= 0.3 is 0 Å². The van der Waals surface area contributed by atoms with E-state index in [1.165, 1.54) is 6.42 Å². The van der Waals surface area contributed by atoms with Gasteiger partial charge in [0, 0.05) is 12.0 Å². The molecule has 0 aromatic rings. The monoisotopic (exact) mass is 164 g/mol. The zero-order chi connectivity index (χ0) is 8.97. The lowest BCUT2D eigenvalue weighted by atomic mass is 9.92. The molecule has 0 N–H and O–H groups in total. The molecule has 0 saturated heterocycles. The van der Waals surface area contributed by atoms with Crippen LogP contribution in [0.2, 0.25) is 0 Å². The van der Waals surface area contributed by atoms with Gasteiger partial charge < -0.3 is 0 Å². The third-order valence-electron chi connectivity index (χ3n) is 2.36. The summed E-state index contributed by atoms with van der Waals surface area (Å²) >= 11 is 0. The molecule has 0 aromatic heterocycles. The average Bonchev–Trinajstić information content (AvgIpc) is 2.17. The number of ketones is 1. The van der Waals surface area contributed by atoms with Crippen LogP contribution in [0.3, 0.4) is 0 Å². The van der Waals surface area contributed by atoms with E-state index in [0.29, 0.717) is 12.3 Å². The minimum atomic E-state index is 0.265. The molecule has 1 rings (SSSR count). The minimum absolute atomic E-state index is 0.265. The fourth-order valence-corrected chi connectivity index (χ4v) is 1.38. The highest BCUT2D eigenvalue weighted by Crippen LogP contribution is 2.19. The van der Waals surface area contributed by atoms with Gasteiger partial charge in [-0.25, -0.2) is 0 Å². The lowest BCUT2D eigenvalue weighted by Crippen LogP contribution is -2.04. The summed E-state index contributed by atoms with van der Waals surface area (Å²) in [7, 11) is 0. The Morgan fingerprint density at radius 2 is 2.33 bits per heavy atom. The molecular weight excluding hydrogens is 148 g/mol. The van der Waals surface area contributed by atoms with Gasteiger partial charge in [-0.3, -0.25) is 4.79 Å². The standard InChI is InChI=1S/C11H16O/c1-3-9-5-7-10(8-6-9)11(12)4-2/h5,7-9H,3-4,6H2,1-2H3. The van der Waals surface area contributed by atoms with Gasteiger partial charge in [0.15, 0.2) is 5.78 Å². The maximum Gasteiger partial charge on any atom is 0.162 e. The second kappa shape index (κ2) is 4.24. The molecule has 12 heavy (non-hydrogen) atoms. The first kappa shape index (κ1) is 9.24. The number of rotatable bonds is 3. The summed E-state index contributed by atoms with van der Waals surface area (Å²) in [5.74, 6) is 0.916. The molecule has 0 fully saturated rings. The van der Waals surface area contributed by atoms with Gasteiger partial charge in [-0.1, -0.05) is 32.1 Å². The van der Waals surface area contributed by atoms with Crippen LogP contribution in [0.25, 0.3) is 0 Å². The topological polar surface area (TPSA) is 17.1 Å². The van der Waals surface area contributed by atoms with Gasteiger partial charge in [0.25, 0.3) is 0 Å². The fourth-order valence-electron chi connectivity index (χ4n) is 1.38. The molecule has 0 heterocycles. The SMILES string of the molecule is CCC(=O)C1=CCC(CC)C=C1. The maximum absolute atomic E-state index is 11.2. The molecule has 66 valence electrons. The Morgan fingerprint density at radius 3 is 2.75 bits per heavy atom. The smallest absolute Gasteiger partial charge is 0.162 e. The van der Waals surface area contributed by atoms with Crippen LogP contribution in [0.5, 0.6) is 0 Å². The van der Waals surface area contributed by atoms with Crippen molar-refractivity contribution in [2.24, 2.45) is 5.92 Å². The van der Waals surface area contributed by atoms with Gasteiger partial charge in [-0.05, 0) is 18.8 Å². The van der Waals surface area contributed by atoms with Gasteiger partial charge in [0.2, 0.25) is 0 Å². The third kappa shape index (κ3) is 2.07. The molecule has 1 unspecified atom stereocenters. The predicted molar refractivity (Wildman–Crippen MR) is 50.9 cm³/mol. The molecule has 1 nitrogen and oxygen atoms in total. The third-order valence-corrected chi connectivity index (χ3v) is 2.36. The molecule has 1 aliphatic rings. The van der Waals surface area contributed by atoms with Crippen LogP contribution >= 0.6 is 0 Å². The molecule has 1 atom stereocenters. The lowest BCUT2D eigenvalue weighted by molar-refractivity contribution is -0.115. The lowest BCUT2D eigenvalue weighted by Gasteiger charge is -2.12. The zero-order valence-electron chi connectivity index (χ0n) is 7.84. The molecule has 0 saturated carbocycles. The summed E-state index contributed by atoms with van der Waals surface area (Å²) < 4.78 is 0. The Hall–Kier alpha value is -0.850. The molecule has 0 aromatic carbocycles. The van der Waals surface area contributed by atoms with E-state index in [2.05, 4.69) is 19.1 Å². The van der Waals surface area contributed by atoms with Crippen molar-refractivity contribution in [3.05, 3.63) is 23.8 Å². The van der Waals surface area contributed by atoms with Crippen LogP contribution in [0.4, 0.5) is 0 Å². The first-order chi connectivity index (χ1) is 5.77. The van der Waals surface area contributed by atoms with E-state index in [-0.39, 0.29) is 5.78 Å². The predicted octanol–water partition coefficient (Wildman–Crippen LogP) is 2.88. The van der Waals surface area contributed by atoms with Gasteiger partial charge in [-0.15, -0.1) is 0 Å². The molecule has 0 radical (unpaired) electrons. The molecule has 1 aliphatic carbocycles. The van der Waals surface area contributed by atoms with E-state index < -0.39 is 0 Å². The minimum Gasteiger partial charge on any atom is -0.294 e. The van der Waals surface area contributed by atoms with E-state index in [9.17, 15) is 4.79 Å². The van der Waals surface area contributed by atoms with Crippen LogP contribution in [0, 0.1) is 5.92 Å². The summed E-state index contributed by atoms with van der Waals surface area (Å²) in [6, 6.07) is 0. The van der Waals surface area contributed by atoms with E-state index in [0.717, 1.165) is 12.0 Å². The Kier molecular flexibility index (Phi) is 3.27. The normalized spacial score (nSPS) is 22.2. The second-order valence-electron chi connectivity index (χ2n) is 3.20. The Bertz CT molecular complexity index is 223. The van der Waals surface area contributed by atoms with Crippen molar-refractivity contribution < 1.29 is 4.79 Å². The van der Waals surface area contributed by atoms with Crippen molar-refractivity contribution in [3.63, 3.8) is 0 Å². The van der Waals surface area contributed by atoms with Crippen molar-refractivity contribution in [1.82, 2.24) is 0 Å². The van der Waals surface area contributed by atoms with Crippen LogP contribution in [-0.2, 0) is 4.79 Å². The van der Waals surface area contributed by atoms with Crippen molar-refractivity contribution >= 4 is 5.78 Å². The number of carbonyl (C=O) groups is 1. The highest BCUT2D eigenvalue weighted by Gasteiger charge is 2.10. The maximum atomic E-state index is 11.2. The zero-order valence-corrected chi connectivity index (χ0v) is 7.84. The molecular formula is C11H16O. The summed E-state index contributed by atoms with van der Waals surface area (Å²) in [5, 5.41) is 0. The summed E-state index contributed by atoms with van der Waals surface area (Å²) in [6.07, 6.45) is 9.02. The van der Waals surface area contributed by atoms with E-state index in [1.807, 2.05) is 13.0 Å². The average molecular weight is 164 g/mol. The molecule has 0 amide bonds. The molecule has 0 spiro atoms.